The molecule has 3 nitrogen and oxygen atoms in total. The maximum absolute atomic E-state index is 5.39. The highest BCUT2D eigenvalue weighted by Gasteiger charge is 2.25. The van der Waals surface area contributed by atoms with Crippen molar-refractivity contribution in [2.75, 3.05) is 27.2 Å². The summed E-state index contributed by atoms with van der Waals surface area (Å²) in [5.41, 5.74) is 0. The van der Waals surface area contributed by atoms with E-state index in [1.165, 1.54) is 32.4 Å². The molecule has 90 valence electrons. The van der Waals surface area contributed by atoms with E-state index in [4.69, 9.17) is 4.74 Å². The van der Waals surface area contributed by atoms with Crippen molar-refractivity contribution in [1.29, 1.82) is 0 Å². The van der Waals surface area contributed by atoms with Gasteiger partial charge in [0.1, 0.15) is 0 Å². The van der Waals surface area contributed by atoms with E-state index in [1.807, 2.05) is 7.11 Å². The Morgan fingerprint density at radius 3 is 2.40 bits per heavy atom. The first-order valence-electron chi connectivity index (χ1n) is 6.17. The molecular weight excluding hydrogens is 188 g/mol. The molecule has 0 saturated carbocycles. The van der Waals surface area contributed by atoms with Crippen LogP contribution in [-0.4, -0.2) is 50.3 Å². The van der Waals surface area contributed by atoms with Gasteiger partial charge in [0, 0.05) is 32.3 Å². The third kappa shape index (κ3) is 3.44. The van der Waals surface area contributed by atoms with E-state index in [-0.39, 0.29) is 0 Å². The molecule has 1 fully saturated rings. The first-order valence-corrected chi connectivity index (χ1v) is 6.17. The van der Waals surface area contributed by atoms with Crippen LogP contribution in [0, 0.1) is 0 Å². The summed E-state index contributed by atoms with van der Waals surface area (Å²) in [4.78, 5) is 2.58. The van der Waals surface area contributed by atoms with E-state index in [9.17, 15) is 0 Å². The number of ether oxygens (including phenoxy) is 1. The third-order valence-electron chi connectivity index (χ3n) is 3.78. The van der Waals surface area contributed by atoms with Crippen LogP contribution < -0.4 is 5.32 Å². The second-order valence-corrected chi connectivity index (χ2v) is 4.52. The lowest BCUT2D eigenvalue weighted by Gasteiger charge is -2.38. The number of nitrogens with zero attached hydrogens (tertiary/aromatic N) is 1. The van der Waals surface area contributed by atoms with E-state index in [1.54, 1.807) is 0 Å². The van der Waals surface area contributed by atoms with Gasteiger partial charge < -0.3 is 10.1 Å². The zero-order valence-corrected chi connectivity index (χ0v) is 10.6. The Bertz CT molecular complexity index is 163. The fourth-order valence-corrected chi connectivity index (χ4v) is 2.56. The van der Waals surface area contributed by atoms with Crippen molar-refractivity contribution in [3.63, 3.8) is 0 Å². The summed E-state index contributed by atoms with van der Waals surface area (Å²) < 4.78 is 5.39. The van der Waals surface area contributed by atoms with Gasteiger partial charge >= 0.3 is 0 Å². The fourth-order valence-electron chi connectivity index (χ4n) is 2.56. The molecule has 1 rings (SSSR count). The molecule has 0 aromatic rings. The number of hydrogen-bond acceptors (Lipinski definition) is 3. The molecule has 0 aliphatic carbocycles. The highest BCUT2D eigenvalue weighted by Crippen LogP contribution is 2.17. The minimum atomic E-state index is 0.489. The Morgan fingerprint density at radius 1 is 1.40 bits per heavy atom. The van der Waals surface area contributed by atoms with Gasteiger partial charge in [-0.15, -0.1) is 0 Å². The topological polar surface area (TPSA) is 24.5 Å². The molecule has 2 atom stereocenters. The number of likely N-dealkylation sites (tertiary alicyclic amines) is 1. The maximum atomic E-state index is 5.39. The second-order valence-electron chi connectivity index (χ2n) is 4.52. The zero-order chi connectivity index (χ0) is 11.3. The minimum absolute atomic E-state index is 0.489. The number of hydrogen-bond donors (Lipinski definition) is 1. The van der Waals surface area contributed by atoms with Gasteiger partial charge in [0.25, 0.3) is 0 Å². The van der Waals surface area contributed by atoms with Gasteiger partial charge in [-0.1, -0.05) is 6.92 Å². The lowest BCUT2D eigenvalue weighted by atomic mass is 10.0. The zero-order valence-electron chi connectivity index (χ0n) is 10.6. The first kappa shape index (κ1) is 12.9. The number of piperidine rings is 1. The Kier molecular flexibility index (Phi) is 5.58. The van der Waals surface area contributed by atoms with Gasteiger partial charge in [-0.25, -0.2) is 0 Å². The number of methoxy groups -OCH3 is 1. The van der Waals surface area contributed by atoms with Crippen molar-refractivity contribution in [2.24, 2.45) is 0 Å². The van der Waals surface area contributed by atoms with Gasteiger partial charge in [-0.3, -0.25) is 4.90 Å². The van der Waals surface area contributed by atoms with E-state index >= 15 is 0 Å². The molecule has 1 heterocycles. The number of likely N-dealkylation sites (N-methyl/N-ethyl adjacent to an activating group) is 1. The van der Waals surface area contributed by atoms with Gasteiger partial charge in [0.15, 0.2) is 0 Å². The third-order valence-corrected chi connectivity index (χ3v) is 3.78. The molecule has 0 spiro atoms. The summed E-state index contributed by atoms with van der Waals surface area (Å²) in [6.45, 7) is 6.94. The summed E-state index contributed by atoms with van der Waals surface area (Å²) in [6.07, 6.45) is 4.05. The average molecular weight is 214 g/mol. The Balaban J connectivity index is 2.38. The molecule has 15 heavy (non-hydrogen) atoms. The highest BCUT2D eigenvalue weighted by molar-refractivity contribution is 4.83. The summed E-state index contributed by atoms with van der Waals surface area (Å²) in [5, 5.41) is 3.40. The molecule has 0 aromatic carbocycles. The smallest absolute Gasteiger partial charge is 0.0595 e. The SMILES string of the molecule is CCC(NC)C(C)N1CCC(OC)CC1. The normalized spacial score (nSPS) is 24.0. The summed E-state index contributed by atoms with van der Waals surface area (Å²) in [7, 11) is 3.89. The van der Waals surface area contributed by atoms with E-state index in [2.05, 4.69) is 31.1 Å². The standard InChI is InChI=1S/C12H26N2O/c1-5-12(13-3)10(2)14-8-6-11(15-4)7-9-14/h10-13H,5-9H2,1-4H3. The van der Waals surface area contributed by atoms with Gasteiger partial charge in [0.05, 0.1) is 6.10 Å². The van der Waals surface area contributed by atoms with Crippen molar-refractivity contribution < 1.29 is 4.74 Å². The minimum Gasteiger partial charge on any atom is -0.381 e. The first-order chi connectivity index (χ1) is 7.22. The van der Waals surface area contributed by atoms with Crippen LogP contribution in [0.25, 0.3) is 0 Å². The second kappa shape index (κ2) is 6.46. The average Bonchev–Trinajstić information content (AvgIpc) is 2.30. The molecule has 1 N–H and O–H groups in total. The molecule has 0 bridgehead atoms. The largest absolute Gasteiger partial charge is 0.381 e. The predicted octanol–water partition coefficient (Wildman–Crippen LogP) is 1.48. The number of rotatable bonds is 5. The van der Waals surface area contributed by atoms with Crippen LogP contribution in [0.3, 0.4) is 0 Å². The maximum Gasteiger partial charge on any atom is 0.0595 e. The van der Waals surface area contributed by atoms with Crippen LogP contribution in [0.1, 0.15) is 33.1 Å². The highest BCUT2D eigenvalue weighted by atomic mass is 16.5. The summed E-state index contributed by atoms with van der Waals surface area (Å²) >= 11 is 0. The van der Waals surface area contributed by atoms with Crippen LogP contribution in [0.5, 0.6) is 0 Å². The van der Waals surface area contributed by atoms with Crippen molar-refractivity contribution in [2.45, 2.75) is 51.3 Å². The molecule has 1 saturated heterocycles. The van der Waals surface area contributed by atoms with Crippen LogP contribution in [-0.2, 0) is 4.74 Å². The monoisotopic (exact) mass is 214 g/mol. The Morgan fingerprint density at radius 2 is 2.00 bits per heavy atom. The molecule has 0 aromatic heterocycles. The molecule has 1 aliphatic rings. The molecule has 2 unspecified atom stereocenters. The van der Waals surface area contributed by atoms with Gasteiger partial charge in [-0.2, -0.15) is 0 Å². The molecule has 3 heteroatoms. The van der Waals surface area contributed by atoms with Crippen molar-refractivity contribution >= 4 is 0 Å². The van der Waals surface area contributed by atoms with Crippen LogP contribution >= 0.6 is 0 Å². The molecular formula is C12H26N2O. The van der Waals surface area contributed by atoms with Crippen molar-refractivity contribution in [3.8, 4) is 0 Å². The van der Waals surface area contributed by atoms with E-state index in [0.717, 1.165) is 0 Å². The fraction of sp³-hybridized carbons (Fsp3) is 1.00. The molecule has 1 aliphatic heterocycles. The number of nitrogens with one attached hydrogen (secondary N) is 1. The van der Waals surface area contributed by atoms with Crippen LogP contribution in [0.4, 0.5) is 0 Å². The Labute approximate surface area is 94.2 Å². The summed E-state index contributed by atoms with van der Waals surface area (Å²) in [5.74, 6) is 0. The lowest BCUT2D eigenvalue weighted by molar-refractivity contribution is 0.0240. The lowest BCUT2D eigenvalue weighted by Crippen LogP contribution is -2.50. The van der Waals surface area contributed by atoms with Gasteiger partial charge in [0.2, 0.25) is 0 Å². The predicted molar refractivity (Wildman–Crippen MR) is 64.2 cm³/mol. The van der Waals surface area contributed by atoms with Crippen molar-refractivity contribution in [1.82, 2.24) is 10.2 Å². The van der Waals surface area contributed by atoms with Crippen LogP contribution in [0.2, 0.25) is 0 Å². The van der Waals surface area contributed by atoms with E-state index < -0.39 is 0 Å². The van der Waals surface area contributed by atoms with Gasteiger partial charge in [-0.05, 0) is 33.2 Å². The quantitative estimate of drug-likeness (QED) is 0.750. The van der Waals surface area contributed by atoms with E-state index in [0.29, 0.717) is 18.2 Å². The Hall–Kier alpha value is -0.120. The molecule has 0 amide bonds. The van der Waals surface area contributed by atoms with Crippen LogP contribution in [0.15, 0.2) is 0 Å². The molecule has 0 radical (unpaired) electrons. The van der Waals surface area contributed by atoms with Crippen molar-refractivity contribution in [3.05, 3.63) is 0 Å². The summed E-state index contributed by atoms with van der Waals surface area (Å²) in [6, 6.07) is 1.25.